The van der Waals surface area contributed by atoms with Crippen LogP contribution in [-0.4, -0.2) is 30.9 Å². The number of carbonyl (C=O) groups excluding carboxylic acids is 2. The Bertz CT molecular complexity index is 273. The number of hydrogen-bond donors (Lipinski definition) is 1. The highest BCUT2D eigenvalue weighted by Gasteiger charge is 2.21. The molecule has 4 nitrogen and oxygen atoms in total. The zero-order chi connectivity index (χ0) is 9.84. The van der Waals surface area contributed by atoms with Gasteiger partial charge in [-0.1, -0.05) is 0 Å². The number of rotatable bonds is 3. The highest BCUT2D eigenvalue weighted by Crippen LogP contribution is 2.10. The van der Waals surface area contributed by atoms with E-state index in [-0.39, 0.29) is 18.4 Å². The van der Waals surface area contributed by atoms with Crippen LogP contribution in [0.5, 0.6) is 0 Å². The molecule has 1 rings (SSSR count). The number of halogens is 1. The maximum atomic E-state index is 10.9. The predicted molar refractivity (Wildman–Crippen MR) is 47.4 cm³/mol. The Morgan fingerprint density at radius 3 is 2.77 bits per heavy atom. The third-order valence-electron chi connectivity index (χ3n) is 1.77. The Hall–Kier alpha value is -1.03. The van der Waals surface area contributed by atoms with Gasteiger partial charge >= 0.3 is 5.97 Å². The lowest BCUT2D eigenvalue weighted by molar-refractivity contribution is -0.139. The summed E-state index contributed by atoms with van der Waals surface area (Å²) in [6, 6.07) is 0. The van der Waals surface area contributed by atoms with E-state index >= 15 is 0 Å². The van der Waals surface area contributed by atoms with Crippen molar-refractivity contribution in [3.63, 3.8) is 0 Å². The number of β-lactam (4-membered cyclic amide) rings is 1. The van der Waals surface area contributed by atoms with Gasteiger partial charge in [-0.05, 0) is 12.5 Å². The fourth-order valence-electron chi connectivity index (χ4n) is 0.908. The first-order chi connectivity index (χ1) is 6.15. The Labute approximate surface area is 80.9 Å². The number of hydrogen-bond acceptors (Lipinski definition) is 3. The lowest BCUT2D eigenvalue weighted by Crippen LogP contribution is -2.42. The topological polar surface area (TPSA) is 55.4 Å². The second kappa shape index (κ2) is 4.28. The maximum Gasteiger partial charge on any atom is 0.321 e. The summed E-state index contributed by atoms with van der Waals surface area (Å²) < 4.78 is 4.75. The third kappa shape index (κ3) is 2.45. The number of amides is 1. The minimum atomic E-state index is -0.471. The summed E-state index contributed by atoms with van der Waals surface area (Å²) >= 11 is 5.22. The van der Waals surface area contributed by atoms with Crippen molar-refractivity contribution in [2.45, 2.75) is 6.92 Å². The smallest absolute Gasteiger partial charge is 0.321 e. The number of carbonyl (C=O) groups is 2. The largest absolute Gasteiger partial charge is 0.460 e. The number of alkyl halides is 1. The Balaban J connectivity index is 2.41. The average Bonchev–Trinajstić information content (AvgIpc) is 2.11. The highest BCUT2D eigenvalue weighted by molar-refractivity contribution is 6.26. The standard InChI is InChI=1S/C8H10ClNO3/c1-5(4-13-7(11)2-9)6-3-10-8(6)12/h2-4H2,1H3,(H,10,12)/b6-5-. The number of nitrogens with one attached hydrogen (secondary N) is 1. The monoisotopic (exact) mass is 203 g/mol. The Morgan fingerprint density at radius 2 is 2.38 bits per heavy atom. The molecule has 1 fully saturated rings. The molecule has 0 aromatic rings. The molecule has 5 heteroatoms. The zero-order valence-electron chi connectivity index (χ0n) is 7.22. The van der Waals surface area contributed by atoms with E-state index in [0.717, 1.165) is 5.57 Å². The van der Waals surface area contributed by atoms with E-state index in [2.05, 4.69) is 5.32 Å². The van der Waals surface area contributed by atoms with Crippen LogP contribution < -0.4 is 5.32 Å². The lowest BCUT2D eigenvalue weighted by atomic mass is 10.0. The van der Waals surface area contributed by atoms with E-state index in [0.29, 0.717) is 12.1 Å². The molecule has 1 aliphatic heterocycles. The van der Waals surface area contributed by atoms with Crippen LogP contribution in [0.15, 0.2) is 11.1 Å². The van der Waals surface area contributed by atoms with Crippen LogP contribution in [0.2, 0.25) is 0 Å². The summed E-state index contributed by atoms with van der Waals surface area (Å²) in [5, 5.41) is 2.58. The molecule has 72 valence electrons. The van der Waals surface area contributed by atoms with Gasteiger partial charge in [0, 0.05) is 12.1 Å². The minimum absolute atomic E-state index is 0.0839. The molecule has 0 aliphatic carbocycles. The normalized spacial score (nSPS) is 18.8. The SMILES string of the molecule is C/C(COC(=O)CCl)=C1\CNC1=O. The summed E-state index contributed by atoms with van der Waals surface area (Å²) in [7, 11) is 0. The Morgan fingerprint density at radius 1 is 1.69 bits per heavy atom. The molecule has 0 atom stereocenters. The van der Waals surface area contributed by atoms with Crippen molar-refractivity contribution in [3.05, 3.63) is 11.1 Å². The molecule has 1 heterocycles. The fraction of sp³-hybridized carbons (Fsp3) is 0.500. The quantitative estimate of drug-likeness (QED) is 0.309. The summed E-state index contributed by atoms with van der Waals surface area (Å²) in [4.78, 5) is 21.5. The van der Waals surface area contributed by atoms with E-state index < -0.39 is 5.97 Å². The van der Waals surface area contributed by atoms with Crippen molar-refractivity contribution >= 4 is 23.5 Å². The van der Waals surface area contributed by atoms with Gasteiger partial charge in [0.15, 0.2) is 0 Å². The first-order valence-corrected chi connectivity index (χ1v) is 4.37. The molecule has 0 radical (unpaired) electrons. The highest BCUT2D eigenvalue weighted by atomic mass is 35.5. The molecule has 0 spiro atoms. The van der Waals surface area contributed by atoms with Crippen LogP contribution in [-0.2, 0) is 14.3 Å². The second-order valence-electron chi connectivity index (χ2n) is 2.74. The molecule has 1 aliphatic rings. The van der Waals surface area contributed by atoms with Crippen molar-refractivity contribution < 1.29 is 14.3 Å². The molecule has 1 saturated heterocycles. The molecule has 13 heavy (non-hydrogen) atoms. The van der Waals surface area contributed by atoms with Crippen LogP contribution in [0, 0.1) is 0 Å². The molecule has 0 aromatic heterocycles. The van der Waals surface area contributed by atoms with Crippen molar-refractivity contribution in [2.75, 3.05) is 19.0 Å². The molecule has 0 unspecified atom stereocenters. The van der Waals surface area contributed by atoms with Gasteiger partial charge in [-0.3, -0.25) is 9.59 Å². The van der Waals surface area contributed by atoms with Crippen LogP contribution >= 0.6 is 11.6 Å². The maximum absolute atomic E-state index is 10.9. The number of ether oxygens (including phenoxy) is 1. The van der Waals surface area contributed by atoms with Crippen LogP contribution in [0.4, 0.5) is 0 Å². The zero-order valence-corrected chi connectivity index (χ0v) is 7.98. The molecular weight excluding hydrogens is 194 g/mol. The van der Waals surface area contributed by atoms with E-state index in [4.69, 9.17) is 16.3 Å². The van der Waals surface area contributed by atoms with Gasteiger partial charge in [0.2, 0.25) is 5.91 Å². The lowest BCUT2D eigenvalue weighted by Gasteiger charge is -2.20. The molecular formula is C8H10ClNO3. The van der Waals surface area contributed by atoms with E-state index in [9.17, 15) is 9.59 Å². The van der Waals surface area contributed by atoms with Gasteiger partial charge in [-0.15, -0.1) is 11.6 Å². The van der Waals surface area contributed by atoms with E-state index in [1.165, 1.54) is 0 Å². The Kier molecular flexibility index (Phi) is 3.31. The summed E-state index contributed by atoms with van der Waals surface area (Å²) in [6.07, 6.45) is 0. The minimum Gasteiger partial charge on any atom is -0.460 e. The molecule has 0 bridgehead atoms. The fourth-order valence-corrected chi connectivity index (χ4v) is 0.985. The van der Waals surface area contributed by atoms with Crippen LogP contribution in [0.1, 0.15) is 6.92 Å². The summed E-state index contributed by atoms with van der Waals surface area (Å²) in [6.45, 7) is 2.47. The molecule has 1 N–H and O–H groups in total. The predicted octanol–water partition coefficient (Wildman–Crippen LogP) is 0.215. The van der Waals surface area contributed by atoms with Crippen molar-refractivity contribution in [1.82, 2.24) is 5.32 Å². The van der Waals surface area contributed by atoms with Crippen molar-refractivity contribution in [3.8, 4) is 0 Å². The van der Waals surface area contributed by atoms with Gasteiger partial charge in [0.1, 0.15) is 12.5 Å². The third-order valence-corrected chi connectivity index (χ3v) is 1.99. The summed E-state index contributed by atoms with van der Waals surface area (Å²) in [5.41, 5.74) is 1.48. The van der Waals surface area contributed by atoms with Crippen molar-refractivity contribution in [2.24, 2.45) is 0 Å². The second-order valence-corrected chi connectivity index (χ2v) is 3.00. The van der Waals surface area contributed by atoms with E-state index in [1.807, 2.05) is 0 Å². The van der Waals surface area contributed by atoms with Gasteiger partial charge in [0.25, 0.3) is 0 Å². The van der Waals surface area contributed by atoms with Crippen molar-refractivity contribution in [1.29, 1.82) is 0 Å². The first-order valence-electron chi connectivity index (χ1n) is 3.83. The number of esters is 1. The summed E-state index contributed by atoms with van der Waals surface area (Å²) in [5.74, 6) is -0.713. The van der Waals surface area contributed by atoms with Gasteiger partial charge < -0.3 is 10.1 Å². The van der Waals surface area contributed by atoms with Gasteiger partial charge in [0.05, 0.1) is 0 Å². The first kappa shape index (κ1) is 10.1. The van der Waals surface area contributed by atoms with Crippen LogP contribution in [0.3, 0.4) is 0 Å². The molecule has 0 aromatic carbocycles. The van der Waals surface area contributed by atoms with Gasteiger partial charge in [-0.25, -0.2) is 0 Å². The average molecular weight is 204 g/mol. The van der Waals surface area contributed by atoms with Gasteiger partial charge in [-0.2, -0.15) is 0 Å². The molecule has 1 amide bonds. The van der Waals surface area contributed by atoms with E-state index in [1.54, 1.807) is 6.92 Å². The van der Waals surface area contributed by atoms with Crippen LogP contribution in [0.25, 0.3) is 0 Å². The molecule has 0 saturated carbocycles.